The highest BCUT2D eigenvalue weighted by molar-refractivity contribution is 6.35. The predicted molar refractivity (Wildman–Crippen MR) is 70.4 cm³/mol. The van der Waals surface area contributed by atoms with Gasteiger partial charge in [0.2, 0.25) is 5.88 Å². The van der Waals surface area contributed by atoms with Crippen LogP contribution in [0.3, 0.4) is 0 Å². The van der Waals surface area contributed by atoms with Crippen LogP contribution in [-0.2, 0) is 0 Å². The third kappa shape index (κ3) is 3.00. The van der Waals surface area contributed by atoms with E-state index in [4.69, 9.17) is 27.9 Å². The summed E-state index contributed by atoms with van der Waals surface area (Å²) in [6, 6.07) is 8.54. The van der Waals surface area contributed by atoms with Crippen LogP contribution in [0.1, 0.15) is 15.9 Å². The van der Waals surface area contributed by atoms with Crippen LogP contribution < -0.4 is 4.74 Å². The van der Waals surface area contributed by atoms with E-state index in [0.717, 1.165) is 5.56 Å². The second-order valence-electron chi connectivity index (χ2n) is 3.70. The molecule has 18 heavy (non-hydrogen) atoms. The third-order valence-electron chi connectivity index (χ3n) is 2.22. The van der Waals surface area contributed by atoms with Gasteiger partial charge in [-0.25, -0.2) is 9.78 Å². The lowest BCUT2D eigenvalue weighted by atomic mass is 10.1. The molecule has 0 fully saturated rings. The first-order valence-electron chi connectivity index (χ1n) is 5.16. The van der Waals surface area contributed by atoms with Crippen molar-refractivity contribution in [2.75, 3.05) is 0 Å². The van der Waals surface area contributed by atoms with Crippen molar-refractivity contribution in [1.29, 1.82) is 0 Å². The SMILES string of the molecule is Cc1cccc(C(=O)Oc2ncc(Cl)cc2Cl)c1. The molecule has 2 aromatic rings. The molecule has 0 spiro atoms. The number of carbonyl (C=O) groups excluding carboxylic acids is 1. The van der Waals surface area contributed by atoms with Crippen LogP contribution in [0.25, 0.3) is 0 Å². The van der Waals surface area contributed by atoms with Crippen LogP contribution in [0.4, 0.5) is 0 Å². The molecule has 5 heteroatoms. The number of hydrogen-bond donors (Lipinski definition) is 0. The number of hydrogen-bond acceptors (Lipinski definition) is 3. The zero-order chi connectivity index (χ0) is 13.1. The van der Waals surface area contributed by atoms with Gasteiger partial charge in [0.1, 0.15) is 5.02 Å². The lowest BCUT2D eigenvalue weighted by Gasteiger charge is -2.05. The molecule has 0 bridgehead atoms. The van der Waals surface area contributed by atoms with Crippen molar-refractivity contribution < 1.29 is 9.53 Å². The van der Waals surface area contributed by atoms with Crippen LogP contribution in [0.15, 0.2) is 36.5 Å². The number of pyridine rings is 1. The number of aryl methyl sites for hydroxylation is 1. The molecule has 0 atom stereocenters. The molecule has 0 amide bonds. The highest BCUT2D eigenvalue weighted by atomic mass is 35.5. The van der Waals surface area contributed by atoms with E-state index in [2.05, 4.69) is 4.98 Å². The van der Waals surface area contributed by atoms with Gasteiger partial charge >= 0.3 is 5.97 Å². The van der Waals surface area contributed by atoms with Crippen molar-refractivity contribution in [2.45, 2.75) is 6.92 Å². The van der Waals surface area contributed by atoms with E-state index in [1.807, 2.05) is 13.0 Å². The maximum atomic E-state index is 11.8. The van der Waals surface area contributed by atoms with Crippen molar-refractivity contribution in [2.24, 2.45) is 0 Å². The van der Waals surface area contributed by atoms with Gasteiger partial charge in [-0.2, -0.15) is 0 Å². The molecular weight excluding hydrogens is 273 g/mol. The molecule has 92 valence electrons. The van der Waals surface area contributed by atoms with E-state index in [0.29, 0.717) is 10.6 Å². The fourth-order valence-electron chi connectivity index (χ4n) is 1.40. The molecule has 0 saturated carbocycles. The maximum Gasteiger partial charge on any atom is 0.344 e. The molecule has 0 aliphatic heterocycles. The minimum atomic E-state index is -0.504. The summed E-state index contributed by atoms with van der Waals surface area (Å²) in [5.74, 6) is -0.456. The number of aromatic nitrogens is 1. The molecule has 2 rings (SSSR count). The molecule has 0 radical (unpaired) electrons. The Morgan fingerprint density at radius 1 is 1.28 bits per heavy atom. The Bertz CT molecular complexity index is 599. The van der Waals surface area contributed by atoms with Gasteiger partial charge in [-0.05, 0) is 25.1 Å². The standard InChI is InChI=1S/C13H9Cl2NO2/c1-8-3-2-4-9(5-8)13(17)18-12-11(15)6-10(14)7-16-12/h2-7H,1H3. The highest BCUT2D eigenvalue weighted by Gasteiger charge is 2.12. The summed E-state index contributed by atoms with van der Waals surface area (Å²) in [5, 5.41) is 0.582. The number of ether oxygens (including phenoxy) is 1. The second kappa shape index (κ2) is 5.38. The lowest BCUT2D eigenvalue weighted by Crippen LogP contribution is -2.09. The number of rotatable bonds is 2. The molecule has 1 aromatic carbocycles. The fourth-order valence-corrected chi connectivity index (χ4v) is 1.81. The van der Waals surface area contributed by atoms with Gasteiger partial charge in [-0.1, -0.05) is 40.9 Å². The Hall–Kier alpha value is -1.58. The average Bonchev–Trinajstić information content (AvgIpc) is 2.32. The van der Waals surface area contributed by atoms with Crippen LogP contribution >= 0.6 is 23.2 Å². The topological polar surface area (TPSA) is 39.2 Å². The van der Waals surface area contributed by atoms with Gasteiger partial charge in [0.05, 0.1) is 10.6 Å². The first-order valence-corrected chi connectivity index (χ1v) is 5.92. The minimum absolute atomic E-state index is 0.0487. The van der Waals surface area contributed by atoms with E-state index in [-0.39, 0.29) is 10.9 Å². The summed E-state index contributed by atoms with van der Waals surface area (Å²) in [6.07, 6.45) is 1.37. The van der Waals surface area contributed by atoms with Crippen molar-refractivity contribution >= 4 is 29.2 Å². The summed E-state index contributed by atoms with van der Waals surface area (Å²) >= 11 is 11.6. The van der Waals surface area contributed by atoms with Crippen LogP contribution in [0.5, 0.6) is 5.88 Å². The number of esters is 1. The largest absolute Gasteiger partial charge is 0.402 e. The van der Waals surface area contributed by atoms with Gasteiger partial charge in [0, 0.05) is 6.20 Å². The van der Waals surface area contributed by atoms with Gasteiger partial charge in [-0.15, -0.1) is 0 Å². The third-order valence-corrected chi connectivity index (χ3v) is 2.69. The molecule has 0 aliphatic carbocycles. The molecule has 1 heterocycles. The smallest absolute Gasteiger partial charge is 0.344 e. The number of nitrogens with zero attached hydrogens (tertiary/aromatic N) is 1. The maximum absolute atomic E-state index is 11.8. The number of benzene rings is 1. The predicted octanol–water partition coefficient (Wildman–Crippen LogP) is 3.92. The Kier molecular flexibility index (Phi) is 3.84. The van der Waals surface area contributed by atoms with Crippen LogP contribution in [0.2, 0.25) is 10.0 Å². The van der Waals surface area contributed by atoms with Gasteiger partial charge in [0.15, 0.2) is 0 Å². The molecule has 3 nitrogen and oxygen atoms in total. The van der Waals surface area contributed by atoms with Gasteiger partial charge < -0.3 is 4.74 Å². The quantitative estimate of drug-likeness (QED) is 0.784. The van der Waals surface area contributed by atoms with E-state index < -0.39 is 5.97 Å². The molecule has 1 aromatic heterocycles. The first-order chi connectivity index (χ1) is 8.56. The molecule has 0 saturated heterocycles. The van der Waals surface area contributed by atoms with Crippen molar-refractivity contribution in [3.05, 3.63) is 57.7 Å². The summed E-state index contributed by atoms with van der Waals surface area (Å²) in [6.45, 7) is 1.89. The van der Waals surface area contributed by atoms with Crippen LogP contribution in [0, 0.1) is 6.92 Å². The van der Waals surface area contributed by atoms with Crippen molar-refractivity contribution in [3.63, 3.8) is 0 Å². The normalized spacial score (nSPS) is 10.2. The van der Waals surface area contributed by atoms with E-state index >= 15 is 0 Å². The summed E-state index contributed by atoms with van der Waals surface area (Å²) in [4.78, 5) is 15.7. The van der Waals surface area contributed by atoms with E-state index in [1.165, 1.54) is 12.3 Å². The molecular formula is C13H9Cl2NO2. The van der Waals surface area contributed by atoms with Crippen LogP contribution in [-0.4, -0.2) is 11.0 Å². The molecule has 0 aliphatic rings. The lowest BCUT2D eigenvalue weighted by molar-refractivity contribution is 0.0727. The molecule has 0 N–H and O–H groups in total. The summed E-state index contributed by atoms with van der Waals surface area (Å²) < 4.78 is 5.10. The Balaban J connectivity index is 2.21. The number of halogens is 2. The summed E-state index contributed by atoms with van der Waals surface area (Å²) in [7, 11) is 0. The zero-order valence-corrected chi connectivity index (χ0v) is 11.0. The van der Waals surface area contributed by atoms with Gasteiger partial charge in [-0.3, -0.25) is 0 Å². The zero-order valence-electron chi connectivity index (χ0n) is 9.48. The average molecular weight is 282 g/mol. The molecule has 0 unspecified atom stereocenters. The second-order valence-corrected chi connectivity index (χ2v) is 4.54. The summed E-state index contributed by atoms with van der Waals surface area (Å²) in [5.41, 5.74) is 1.42. The first kappa shape index (κ1) is 12.9. The Morgan fingerprint density at radius 2 is 2.06 bits per heavy atom. The van der Waals surface area contributed by atoms with E-state index in [1.54, 1.807) is 18.2 Å². The fraction of sp³-hybridized carbons (Fsp3) is 0.0769. The number of carbonyl (C=O) groups is 1. The Morgan fingerprint density at radius 3 is 2.72 bits per heavy atom. The van der Waals surface area contributed by atoms with Crippen molar-refractivity contribution in [1.82, 2.24) is 4.98 Å². The highest BCUT2D eigenvalue weighted by Crippen LogP contribution is 2.25. The van der Waals surface area contributed by atoms with Gasteiger partial charge in [0.25, 0.3) is 0 Å². The van der Waals surface area contributed by atoms with E-state index in [9.17, 15) is 4.79 Å². The monoisotopic (exact) mass is 281 g/mol. The van der Waals surface area contributed by atoms with Crippen molar-refractivity contribution in [3.8, 4) is 5.88 Å². The Labute approximate surface area is 114 Å². The minimum Gasteiger partial charge on any atom is -0.402 e.